The van der Waals surface area contributed by atoms with Crippen molar-refractivity contribution in [3.05, 3.63) is 29.8 Å². The molecule has 0 amide bonds. The van der Waals surface area contributed by atoms with Crippen LogP contribution in [0.2, 0.25) is 0 Å². The van der Waals surface area contributed by atoms with Crippen LogP contribution in [0.1, 0.15) is 52.0 Å². The first kappa shape index (κ1) is 16.0. The van der Waals surface area contributed by atoms with Crippen molar-refractivity contribution in [3.8, 4) is 5.75 Å². The Morgan fingerprint density at radius 1 is 1.11 bits per heavy atom. The Kier molecular flexibility index (Phi) is 6.93. The largest absolute Gasteiger partial charge is 0.497 e. The highest BCUT2D eigenvalue weighted by molar-refractivity contribution is 5.30. The number of benzene rings is 1. The Morgan fingerprint density at radius 3 is 2.21 bits per heavy atom. The molecule has 0 aromatic heterocycles. The summed E-state index contributed by atoms with van der Waals surface area (Å²) >= 11 is 0. The smallest absolute Gasteiger partial charge is 0.118 e. The lowest BCUT2D eigenvalue weighted by molar-refractivity contribution is 0.390. The molecule has 1 aromatic carbocycles. The predicted molar refractivity (Wildman–Crippen MR) is 82.9 cm³/mol. The second-order valence-corrected chi connectivity index (χ2v) is 5.71. The van der Waals surface area contributed by atoms with E-state index in [1.165, 1.54) is 18.4 Å². The van der Waals surface area contributed by atoms with Crippen molar-refractivity contribution < 1.29 is 4.74 Å². The van der Waals surface area contributed by atoms with Gasteiger partial charge < -0.3 is 10.1 Å². The van der Waals surface area contributed by atoms with E-state index >= 15 is 0 Å². The lowest BCUT2D eigenvalue weighted by atomic mass is 9.84. The van der Waals surface area contributed by atoms with E-state index in [4.69, 9.17) is 4.74 Å². The van der Waals surface area contributed by atoms with Gasteiger partial charge in [0.2, 0.25) is 0 Å². The SMILES string of the molecule is CCCC(C)C(CNC(C)C)c1ccc(OC)cc1. The van der Waals surface area contributed by atoms with Gasteiger partial charge >= 0.3 is 0 Å². The summed E-state index contributed by atoms with van der Waals surface area (Å²) < 4.78 is 5.24. The number of rotatable bonds is 8. The molecule has 108 valence electrons. The summed E-state index contributed by atoms with van der Waals surface area (Å²) in [5.41, 5.74) is 1.41. The quantitative estimate of drug-likeness (QED) is 0.758. The lowest BCUT2D eigenvalue weighted by Crippen LogP contribution is -2.30. The lowest BCUT2D eigenvalue weighted by Gasteiger charge is -2.26. The van der Waals surface area contributed by atoms with Gasteiger partial charge in [-0.15, -0.1) is 0 Å². The fourth-order valence-corrected chi connectivity index (χ4v) is 2.52. The summed E-state index contributed by atoms with van der Waals surface area (Å²) in [5.74, 6) is 2.21. The van der Waals surface area contributed by atoms with Gasteiger partial charge in [0.1, 0.15) is 5.75 Å². The molecule has 0 spiro atoms. The van der Waals surface area contributed by atoms with Crippen LogP contribution in [0.5, 0.6) is 5.75 Å². The highest BCUT2D eigenvalue weighted by Crippen LogP contribution is 2.28. The highest BCUT2D eigenvalue weighted by atomic mass is 16.5. The topological polar surface area (TPSA) is 21.3 Å². The van der Waals surface area contributed by atoms with Crippen molar-refractivity contribution in [3.63, 3.8) is 0 Å². The molecule has 2 unspecified atom stereocenters. The predicted octanol–water partition coefficient (Wildman–Crippen LogP) is 4.21. The normalized spacial score (nSPS) is 14.4. The second-order valence-electron chi connectivity index (χ2n) is 5.71. The van der Waals surface area contributed by atoms with Crippen LogP contribution in [0.3, 0.4) is 0 Å². The zero-order chi connectivity index (χ0) is 14.3. The van der Waals surface area contributed by atoms with Gasteiger partial charge in [-0.3, -0.25) is 0 Å². The minimum atomic E-state index is 0.537. The van der Waals surface area contributed by atoms with E-state index in [0.717, 1.165) is 12.3 Å². The van der Waals surface area contributed by atoms with Crippen molar-refractivity contribution in [2.24, 2.45) is 5.92 Å². The maximum atomic E-state index is 5.24. The van der Waals surface area contributed by atoms with E-state index in [-0.39, 0.29) is 0 Å². The third-order valence-electron chi connectivity index (χ3n) is 3.72. The fourth-order valence-electron chi connectivity index (χ4n) is 2.52. The molecule has 2 nitrogen and oxygen atoms in total. The Balaban J connectivity index is 2.80. The van der Waals surface area contributed by atoms with Gasteiger partial charge in [0.25, 0.3) is 0 Å². The van der Waals surface area contributed by atoms with E-state index in [2.05, 4.69) is 57.3 Å². The molecule has 0 radical (unpaired) electrons. The third kappa shape index (κ3) is 5.23. The zero-order valence-corrected chi connectivity index (χ0v) is 13.1. The van der Waals surface area contributed by atoms with Crippen LogP contribution < -0.4 is 10.1 Å². The average molecular weight is 263 g/mol. The fraction of sp³-hybridized carbons (Fsp3) is 0.647. The summed E-state index contributed by atoms with van der Waals surface area (Å²) in [6.07, 6.45) is 2.52. The molecule has 0 fully saturated rings. The molecule has 19 heavy (non-hydrogen) atoms. The average Bonchev–Trinajstić information content (AvgIpc) is 2.39. The van der Waals surface area contributed by atoms with Crippen LogP contribution in [0.15, 0.2) is 24.3 Å². The van der Waals surface area contributed by atoms with Crippen LogP contribution in [-0.2, 0) is 0 Å². The summed E-state index contributed by atoms with van der Waals surface area (Å²) in [5, 5.41) is 3.58. The monoisotopic (exact) mass is 263 g/mol. The number of hydrogen-bond acceptors (Lipinski definition) is 2. The first-order chi connectivity index (χ1) is 9.08. The van der Waals surface area contributed by atoms with Crippen molar-refractivity contribution in [1.29, 1.82) is 0 Å². The van der Waals surface area contributed by atoms with Crippen LogP contribution in [-0.4, -0.2) is 19.7 Å². The van der Waals surface area contributed by atoms with E-state index in [0.29, 0.717) is 17.9 Å². The molecule has 0 saturated carbocycles. The summed E-state index contributed by atoms with van der Waals surface area (Å²) in [4.78, 5) is 0. The van der Waals surface area contributed by atoms with Crippen LogP contribution in [0.4, 0.5) is 0 Å². The minimum Gasteiger partial charge on any atom is -0.497 e. The highest BCUT2D eigenvalue weighted by Gasteiger charge is 2.18. The number of methoxy groups -OCH3 is 1. The van der Waals surface area contributed by atoms with Gasteiger partial charge in [-0.2, -0.15) is 0 Å². The second kappa shape index (κ2) is 8.21. The molecule has 0 aliphatic heterocycles. The standard InChI is InChI=1S/C17H29NO/c1-6-7-14(4)17(12-18-13(2)3)15-8-10-16(19-5)11-9-15/h8-11,13-14,17-18H,6-7,12H2,1-5H3. The molecule has 0 aliphatic rings. The molecular weight excluding hydrogens is 234 g/mol. The van der Waals surface area contributed by atoms with Gasteiger partial charge in [-0.1, -0.05) is 52.7 Å². The van der Waals surface area contributed by atoms with Crippen molar-refractivity contribution in [1.82, 2.24) is 5.32 Å². The Labute approximate surface area is 118 Å². The van der Waals surface area contributed by atoms with Crippen molar-refractivity contribution in [2.45, 2.75) is 52.5 Å². The Hall–Kier alpha value is -1.02. The number of nitrogens with one attached hydrogen (secondary N) is 1. The molecule has 1 aromatic rings. The van der Waals surface area contributed by atoms with Crippen molar-refractivity contribution >= 4 is 0 Å². The van der Waals surface area contributed by atoms with E-state index in [9.17, 15) is 0 Å². The molecule has 2 atom stereocenters. The molecule has 1 N–H and O–H groups in total. The summed E-state index contributed by atoms with van der Waals surface area (Å²) in [7, 11) is 1.71. The molecular formula is C17H29NO. The maximum Gasteiger partial charge on any atom is 0.118 e. The maximum absolute atomic E-state index is 5.24. The van der Waals surface area contributed by atoms with E-state index in [1.807, 2.05) is 0 Å². The third-order valence-corrected chi connectivity index (χ3v) is 3.72. The van der Waals surface area contributed by atoms with Crippen LogP contribution in [0.25, 0.3) is 0 Å². The van der Waals surface area contributed by atoms with Gasteiger partial charge in [0, 0.05) is 12.6 Å². The van der Waals surface area contributed by atoms with Gasteiger partial charge in [0.15, 0.2) is 0 Å². The van der Waals surface area contributed by atoms with E-state index < -0.39 is 0 Å². The first-order valence-corrected chi connectivity index (χ1v) is 7.45. The van der Waals surface area contributed by atoms with Gasteiger partial charge in [-0.05, 0) is 29.5 Å². The van der Waals surface area contributed by atoms with Gasteiger partial charge in [-0.25, -0.2) is 0 Å². The van der Waals surface area contributed by atoms with Crippen LogP contribution in [0, 0.1) is 5.92 Å². The molecule has 0 saturated heterocycles. The first-order valence-electron chi connectivity index (χ1n) is 7.45. The molecule has 0 heterocycles. The molecule has 0 bridgehead atoms. The Morgan fingerprint density at radius 2 is 1.74 bits per heavy atom. The molecule has 1 rings (SSSR count). The minimum absolute atomic E-state index is 0.537. The Bertz CT molecular complexity index is 345. The van der Waals surface area contributed by atoms with Gasteiger partial charge in [0.05, 0.1) is 7.11 Å². The number of hydrogen-bond donors (Lipinski definition) is 1. The zero-order valence-electron chi connectivity index (χ0n) is 13.1. The molecule has 0 aliphatic carbocycles. The molecule has 2 heteroatoms. The van der Waals surface area contributed by atoms with Crippen molar-refractivity contribution in [2.75, 3.05) is 13.7 Å². The number of ether oxygens (including phenoxy) is 1. The summed E-state index contributed by atoms with van der Waals surface area (Å²) in [6.45, 7) is 10.1. The summed E-state index contributed by atoms with van der Waals surface area (Å²) in [6, 6.07) is 9.08. The van der Waals surface area contributed by atoms with E-state index in [1.54, 1.807) is 7.11 Å². The van der Waals surface area contributed by atoms with Crippen LogP contribution >= 0.6 is 0 Å².